The van der Waals surface area contributed by atoms with E-state index in [-0.39, 0.29) is 5.56 Å². The third-order valence-electron chi connectivity index (χ3n) is 1.72. The Morgan fingerprint density at radius 2 is 2.00 bits per heavy atom. The van der Waals surface area contributed by atoms with Crippen LogP contribution >= 0.6 is 11.6 Å². The number of aliphatic imine (C=N–C) groups is 1. The largest absolute Gasteiger partial charge is 0.506 e. The van der Waals surface area contributed by atoms with Crippen molar-refractivity contribution in [3.05, 3.63) is 28.3 Å². The molecular formula is C9H7ClF3NO. The van der Waals surface area contributed by atoms with Gasteiger partial charge in [-0.05, 0) is 12.1 Å². The average Bonchev–Trinajstić information content (AvgIpc) is 2.11. The maximum atomic E-state index is 12.3. The monoisotopic (exact) mass is 237 g/mol. The molecule has 0 aliphatic carbocycles. The number of phenols is 1. The van der Waals surface area contributed by atoms with Crippen molar-refractivity contribution in [3.8, 4) is 5.75 Å². The number of hydrogen-bond donors (Lipinski definition) is 1. The van der Waals surface area contributed by atoms with Gasteiger partial charge in [0, 0.05) is 18.8 Å². The lowest BCUT2D eigenvalue weighted by Crippen LogP contribution is -2.06. The highest BCUT2D eigenvalue weighted by Crippen LogP contribution is 2.39. The lowest BCUT2D eigenvalue weighted by Gasteiger charge is -2.10. The van der Waals surface area contributed by atoms with E-state index in [4.69, 9.17) is 11.6 Å². The number of rotatable bonds is 1. The lowest BCUT2D eigenvalue weighted by atomic mass is 10.1. The van der Waals surface area contributed by atoms with Gasteiger partial charge >= 0.3 is 6.18 Å². The molecule has 0 fully saturated rings. The van der Waals surface area contributed by atoms with Crippen LogP contribution in [-0.2, 0) is 6.18 Å². The summed E-state index contributed by atoms with van der Waals surface area (Å²) in [6.45, 7) is 0. The second-order valence-electron chi connectivity index (χ2n) is 2.75. The zero-order valence-electron chi connectivity index (χ0n) is 7.64. The van der Waals surface area contributed by atoms with Gasteiger partial charge in [0.15, 0.2) is 0 Å². The molecule has 0 radical (unpaired) electrons. The molecule has 1 rings (SSSR count). The molecule has 6 heteroatoms. The molecule has 0 saturated carbocycles. The van der Waals surface area contributed by atoms with Crippen molar-refractivity contribution < 1.29 is 18.3 Å². The van der Waals surface area contributed by atoms with E-state index < -0.39 is 22.5 Å². The lowest BCUT2D eigenvalue weighted by molar-refractivity contribution is -0.137. The molecule has 0 bridgehead atoms. The molecule has 82 valence electrons. The molecule has 15 heavy (non-hydrogen) atoms. The van der Waals surface area contributed by atoms with Gasteiger partial charge in [-0.3, -0.25) is 4.99 Å². The van der Waals surface area contributed by atoms with Crippen LogP contribution in [0.5, 0.6) is 5.75 Å². The first kappa shape index (κ1) is 11.8. The van der Waals surface area contributed by atoms with E-state index in [1.54, 1.807) is 0 Å². The Kier molecular flexibility index (Phi) is 3.24. The minimum Gasteiger partial charge on any atom is -0.506 e. The van der Waals surface area contributed by atoms with Gasteiger partial charge < -0.3 is 5.11 Å². The van der Waals surface area contributed by atoms with Gasteiger partial charge in [-0.2, -0.15) is 13.2 Å². The first-order valence-corrected chi connectivity index (χ1v) is 4.26. The maximum absolute atomic E-state index is 12.3. The van der Waals surface area contributed by atoms with Gasteiger partial charge in [0.1, 0.15) is 5.75 Å². The van der Waals surface area contributed by atoms with Crippen molar-refractivity contribution in [1.29, 1.82) is 0 Å². The van der Waals surface area contributed by atoms with Crippen molar-refractivity contribution >= 4 is 17.8 Å². The summed E-state index contributed by atoms with van der Waals surface area (Å²) in [5.41, 5.74) is -0.912. The summed E-state index contributed by atoms with van der Waals surface area (Å²) in [4.78, 5) is 3.57. The molecule has 0 spiro atoms. The van der Waals surface area contributed by atoms with Crippen LogP contribution in [0.2, 0.25) is 5.02 Å². The topological polar surface area (TPSA) is 32.6 Å². The number of halogens is 4. The third-order valence-corrected chi connectivity index (χ3v) is 2.10. The average molecular weight is 238 g/mol. The summed E-state index contributed by atoms with van der Waals surface area (Å²) in [6.07, 6.45) is -3.35. The Balaban J connectivity index is 3.34. The van der Waals surface area contributed by atoms with E-state index in [0.29, 0.717) is 0 Å². The van der Waals surface area contributed by atoms with E-state index >= 15 is 0 Å². The normalized spacial score (nSPS) is 12.3. The fraction of sp³-hybridized carbons (Fsp3) is 0.222. The number of benzene rings is 1. The van der Waals surface area contributed by atoms with Crippen molar-refractivity contribution in [3.63, 3.8) is 0 Å². The highest BCUT2D eigenvalue weighted by molar-refractivity contribution is 6.33. The summed E-state index contributed by atoms with van der Waals surface area (Å²) >= 11 is 5.39. The maximum Gasteiger partial charge on any atom is 0.417 e. The van der Waals surface area contributed by atoms with Gasteiger partial charge in [0.2, 0.25) is 0 Å². The molecule has 0 aliphatic rings. The smallest absolute Gasteiger partial charge is 0.417 e. The molecule has 0 atom stereocenters. The first-order chi connectivity index (χ1) is 6.88. The van der Waals surface area contributed by atoms with Crippen LogP contribution in [0.4, 0.5) is 13.2 Å². The molecule has 1 aromatic carbocycles. The predicted molar refractivity (Wildman–Crippen MR) is 51.6 cm³/mol. The summed E-state index contributed by atoms with van der Waals surface area (Å²) in [7, 11) is 1.44. The molecule has 2 nitrogen and oxygen atoms in total. The SMILES string of the molecule is C/N=C/c1ccc(C(F)(F)F)c(Cl)c1O. The molecule has 0 unspecified atom stereocenters. The van der Waals surface area contributed by atoms with Crippen LogP contribution in [0.25, 0.3) is 0 Å². The zero-order chi connectivity index (χ0) is 11.6. The molecule has 0 amide bonds. The second-order valence-corrected chi connectivity index (χ2v) is 3.13. The molecule has 0 heterocycles. The van der Waals surface area contributed by atoms with E-state index in [2.05, 4.69) is 4.99 Å². The molecular weight excluding hydrogens is 231 g/mol. The predicted octanol–water partition coefficient (Wildman–Crippen LogP) is 3.11. The Hall–Kier alpha value is -1.23. The number of hydrogen-bond acceptors (Lipinski definition) is 2. The third kappa shape index (κ3) is 2.41. The van der Waals surface area contributed by atoms with Crippen molar-refractivity contribution in [2.24, 2.45) is 4.99 Å². The Morgan fingerprint density at radius 3 is 2.47 bits per heavy atom. The fourth-order valence-electron chi connectivity index (χ4n) is 1.04. The van der Waals surface area contributed by atoms with Gasteiger partial charge in [-0.25, -0.2) is 0 Å². The van der Waals surface area contributed by atoms with E-state index in [1.165, 1.54) is 13.3 Å². The van der Waals surface area contributed by atoms with E-state index in [0.717, 1.165) is 12.1 Å². The highest BCUT2D eigenvalue weighted by atomic mass is 35.5. The minimum absolute atomic E-state index is 0.149. The second kappa shape index (κ2) is 4.10. The van der Waals surface area contributed by atoms with Crippen LogP contribution in [0, 0.1) is 0 Å². The minimum atomic E-state index is -4.57. The van der Waals surface area contributed by atoms with Crippen LogP contribution in [-0.4, -0.2) is 18.4 Å². The van der Waals surface area contributed by atoms with Crippen LogP contribution < -0.4 is 0 Å². The van der Waals surface area contributed by atoms with E-state index in [1.807, 2.05) is 0 Å². The van der Waals surface area contributed by atoms with Crippen LogP contribution in [0.15, 0.2) is 17.1 Å². The number of aromatic hydroxyl groups is 1. The molecule has 1 N–H and O–H groups in total. The van der Waals surface area contributed by atoms with Crippen LogP contribution in [0.1, 0.15) is 11.1 Å². The zero-order valence-corrected chi connectivity index (χ0v) is 8.39. The summed E-state index contributed by atoms with van der Waals surface area (Å²) in [5, 5.41) is 8.64. The van der Waals surface area contributed by atoms with Crippen LogP contribution in [0.3, 0.4) is 0 Å². The Labute approximate surface area is 89.0 Å². The standard InChI is InChI=1S/C9H7ClF3NO/c1-14-4-5-2-3-6(9(11,12)13)7(10)8(5)15/h2-4,15H,1H3/b14-4+. The fourth-order valence-corrected chi connectivity index (χ4v) is 1.32. The van der Waals surface area contributed by atoms with Crippen molar-refractivity contribution in [2.45, 2.75) is 6.18 Å². The summed E-state index contributed by atoms with van der Waals surface area (Å²) in [5.74, 6) is -0.614. The Bertz CT molecular complexity index is 401. The van der Waals surface area contributed by atoms with E-state index in [9.17, 15) is 18.3 Å². The van der Waals surface area contributed by atoms with Crippen molar-refractivity contribution in [1.82, 2.24) is 0 Å². The number of phenolic OH excluding ortho intramolecular Hbond substituents is 1. The molecule has 0 saturated heterocycles. The summed E-state index contributed by atoms with van der Waals surface area (Å²) in [6, 6.07) is 1.91. The Morgan fingerprint density at radius 1 is 1.40 bits per heavy atom. The number of alkyl halides is 3. The molecule has 1 aromatic rings. The van der Waals surface area contributed by atoms with Gasteiger partial charge in [-0.1, -0.05) is 11.6 Å². The summed E-state index contributed by atoms with van der Waals surface area (Å²) < 4.78 is 37.0. The van der Waals surface area contributed by atoms with Gasteiger partial charge in [0.05, 0.1) is 10.6 Å². The molecule has 0 aromatic heterocycles. The van der Waals surface area contributed by atoms with Gasteiger partial charge in [0.25, 0.3) is 0 Å². The quantitative estimate of drug-likeness (QED) is 0.748. The first-order valence-electron chi connectivity index (χ1n) is 3.88. The van der Waals surface area contributed by atoms with Gasteiger partial charge in [-0.15, -0.1) is 0 Å². The number of nitrogens with zero attached hydrogens (tertiary/aromatic N) is 1. The van der Waals surface area contributed by atoms with Crippen molar-refractivity contribution in [2.75, 3.05) is 7.05 Å². The molecule has 0 aliphatic heterocycles. The highest BCUT2D eigenvalue weighted by Gasteiger charge is 2.34.